The van der Waals surface area contributed by atoms with Crippen LogP contribution in [-0.4, -0.2) is 78.6 Å². The van der Waals surface area contributed by atoms with E-state index in [0.29, 0.717) is 23.2 Å². The van der Waals surface area contributed by atoms with Crippen molar-refractivity contribution >= 4 is 33.5 Å². The van der Waals surface area contributed by atoms with Gasteiger partial charge >= 0.3 is 6.09 Å². The maximum absolute atomic E-state index is 13.8. The van der Waals surface area contributed by atoms with Crippen molar-refractivity contribution < 1.29 is 37.8 Å². The molecule has 0 aromatic heterocycles. The third kappa shape index (κ3) is 8.58. The number of Topliss-reactive ketones (excluding diaryl/α,β-unsaturated/α-hetero) is 1. The molecule has 12 heteroatoms. The minimum atomic E-state index is -4.05. The number of rotatable bonds is 15. The Kier molecular flexibility index (Phi) is 11.7. The number of ether oxygens (including phenoxy) is 1. The zero-order valence-corrected chi connectivity index (χ0v) is 27.0. The Hall–Kier alpha value is -4.10. The van der Waals surface area contributed by atoms with Gasteiger partial charge in [0.05, 0.1) is 30.2 Å². The van der Waals surface area contributed by atoms with Gasteiger partial charge in [0.2, 0.25) is 10.0 Å². The van der Waals surface area contributed by atoms with Gasteiger partial charge in [-0.25, -0.2) is 13.2 Å². The Bertz CT molecular complexity index is 1610. The molecule has 0 radical (unpaired) electrons. The van der Waals surface area contributed by atoms with Crippen molar-refractivity contribution in [1.29, 1.82) is 0 Å². The number of aliphatic hydroxyl groups excluding tert-OH is 2. The summed E-state index contributed by atoms with van der Waals surface area (Å²) in [7, 11) is -4.05. The molecule has 2 amide bonds. The highest BCUT2D eigenvalue weighted by atomic mass is 32.2. The van der Waals surface area contributed by atoms with Gasteiger partial charge in [-0.2, -0.15) is 4.31 Å². The Morgan fingerprint density at radius 3 is 2.35 bits per heavy atom. The second kappa shape index (κ2) is 15.5. The van der Waals surface area contributed by atoms with E-state index in [-0.39, 0.29) is 49.3 Å². The van der Waals surface area contributed by atoms with Crippen molar-refractivity contribution in [3.63, 3.8) is 0 Å². The number of cyclic esters (lactones) is 1. The number of carbonyl (C=O) groups excluding carboxylic acids is 3. The largest absolute Gasteiger partial charge is 0.434 e. The van der Waals surface area contributed by atoms with Gasteiger partial charge in [-0.05, 0) is 54.7 Å². The van der Waals surface area contributed by atoms with Gasteiger partial charge in [0, 0.05) is 24.3 Å². The van der Waals surface area contributed by atoms with Crippen LogP contribution in [0.4, 0.5) is 10.5 Å². The van der Waals surface area contributed by atoms with E-state index in [1.165, 1.54) is 40.4 Å². The number of amides is 2. The molecule has 46 heavy (non-hydrogen) atoms. The number of sulfonamides is 1. The van der Waals surface area contributed by atoms with E-state index in [4.69, 9.17) is 4.74 Å². The molecule has 0 unspecified atom stereocenters. The van der Waals surface area contributed by atoms with Crippen LogP contribution in [0.1, 0.15) is 48.7 Å². The lowest BCUT2D eigenvalue weighted by Gasteiger charge is -2.31. The average molecular weight is 652 g/mol. The second-order valence-electron chi connectivity index (χ2n) is 11.6. The molecule has 0 spiro atoms. The number of anilines is 1. The Labute approximate surface area is 269 Å². The topological polar surface area (TPSA) is 154 Å². The molecule has 4 atom stereocenters. The summed E-state index contributed by atoms with van der Waals surface area (Å²) in [5.41, 5.74) is 2.18. The third-order valence-electron chi connectivity index (χ3n) is 8.11. The van der Waals surface area contributed by atoms with Crippen molar-refractivity contribution in [3.8, 4) is 0 Å². The minimum absolute atomic E-state index is 0.0220. The molecule has 0 aliphatic carbocycles. The van der Waals surface area contributed by atoms with Gasteiger partial charge in [0.25, 0.3) is 5.91 Å². The van der Waals surface area contributed by atoms with Crippen molar-refractivity contribution in [2.24, 2.45) is 5.92 Å². The fourth-order valence-corrected chi connectivity index (χ4v) is 6.71. The first-order chi connectivity index (χ1) is 21.9. The number of ketones is 1. The zero-order chi connectivity index (χ0) is 33.4. The SMILES string of the molecule is CC[C@H](C)CN(C[C@@H](O)[C@H](Cc1ccccc1)NC(=O)[C@@H]1CN(c2cccc(C(C)=O)c2)C(=O)O1)S(=O)(=O)c1ccc(CO)cc1. The molecular weight excluding hydrogens is 610 g/mol. The smallest absolute Gasteiger partial charge is 0.415 e. The molecule has 1 aliphatic rings. The average Bonchev–Trinajstić information content (AvgIpc) is 3.46. The molecule has 3 N–H and O–H groups in total. The van der Waals surface area contributed by atoms with E-state index >= 15 is 0 Å². The number of aliphatic hydroxyl groups is 2. The molecule has 11 nitrogen and oxygen atoms in total. The minimum Gasteiger partial charge on any atom is -0.434 e. The van der Waals surface area contributed by atoms with Gasteiger partial charge in [-0.1, -0.05) is 74.9 Å². The van der Waals surface area contributed by atoms with E-state index in [1.807, 2.05) is 44.2 Å². The number of hydrogen-bond acceptors (Lipinski definition) is 8. The number of benzene rings is 3. The first-order valence-electron chi connectivity index (χ1n) is 15.2. The van der Waals surface area contributed by atoms with Crippen molar-refractivity contribution in [3.05, 3.63) is 95.6 Å². The summed E-state index contributed by atoms with van der Waals surface area (Å²) in [6.07, 6.45) is -2.40. The van der Waals surface area contributed by atoms with Gasteiger partial charge in [-0.15, -0.1) is 0 Å². The summed E-state index contributed by atoms with van der Waals surface area (Å²) < 4.78 is 34.2. The normalized spacial score (nSPS) is 17.0. The Morgan fingerprint density at radius 1 is 1.02 bits per heavy atom. The molecule has 1 saturated heterocycles. The predicted molar refractivity (Wildman–Crippen MR) is 173 cm³/mol. The summed E-state index contributed by atoms with van der Waals surface area (Å²) in [6, 6.07) is 20.6. The lowest BCUT2D eigenvalue weighted by molar-refractivity contribution is -0.129. The van der Waals surface area contributed by atoms with Crippen LogP contribution in [0, 0.1) is 5.92 Å². The molecule has 3 aromatic rings. The lowest BCUT2D eigenvalue weighted by Crippen LogP contribution is -2.53. The summed E-state index contributed by atoms with van der Waals surface area (Å²) in [6.45, 7) is 4.77. The highest BCUT2D eigenvalue weighted by Crippen LogP contribution is 2.24. The first-order valence-corrected chi connectivity index (χ1v) is 16.7. The van der Waals surface area contributed by atoms with Crippen LogP contribution in [0.25, 0.3) is 0 Å². The maximum Gasteiger partial charge on any atom is 0.415 e. The second-order valence-corrected chi connectivity index (χ2v) is 13.5. The van der Waals surface area contributed by atoms with Gasteiger partial charge in [0.1, 0.15) is 0 Å². The number of nitrogens with one attached hydrogen (secondary N) is 1. The van der Waals surface area contributed by atoms with Crippen LogP contribution in [-0.2, 0) is 32.6 Å². The van der Waals surface area contributed by atoms with Crippen molar-refractivity contribution in [2.45, 2.75) is 63.4 Å². The van der Waals surface area contributed by atoms with Crippen LogP contribution in [0.3, 0.4) is 0 Å². The molecule has 0 saturated carbocycles. The molecule has 3 aromatic carbocycles. The van der Waals surface area contributed by atoms with Crippen molar-refractivity contribution in [2.75, 3.05) is 24.5 Å². The zero-order valence-electron chi connectivity index (χ0n) is 26.2. The van der Waals surface area contributed by atoms with E-state index in [0.717, 1.165) is 5.56 Å². The van der Waals surface area contributed by atoms with Gasteiger partial charge in [-0.3, -0.25) is 14.5 Å². The van der Waals surface area contributed by atoms with Crippen molar-refractivity contribution in [1.82, 2.24) is 9.62 Å². The molecule has 1 aliphatic heterocycles. The molecule has 1 heterocycles. The number of hydrogen-bond donors (Lipinski definition) is 3. The lowest BCUT2D eigenvalue weighted by atomic mass is 10.0. The van der Waals surface area contributed by atoms with Gasteiger partial charge in [0.15, 0.2) is 11.9 Å². The molecular formula is C34H41N3O8S. The van der Waals surface area contributed by atoms with Crippen LogP contribution in [0.15, 0.2) is 83.8 Å². The standard InChI is InChI=1S/C34H41N3O8S/c1-4-23(2)19-36(46(43,44)29-15-13-26(22-38)14-16-29)20-31(40)30(17-25-9-6-5-7-10-25)35-33(41)32-21-37(34(42)45-32)28-12-8-11-27(18-28)24(3)39/h5-16,18,23,30-32,38,40H,4,17,19-22H2,1-3H3,(H,35,41)/t23-,30-,31+,32-/m0/s1. The summed E-state index contributed by atoms with van der Waals surface area (Å²) in [5, 5.41) is 23.8. The maximum atomic E-state index is 13.8. The van der Waals surface area contributed by atoms with E-state index in [9.17, 15) is 33.0 Å². The summed E-state index contributed by atoms with van der Waals surface area (Å²) in [4.78, 5) is 39.4. The Balaban J connectivity index is 1.56. The summed E-state index contributed by atoms with van der Waals surface area (Å²) in [5.74, 6) is -0.839. The molecule has 0 bridgehead atoms. The third-order valence-corrected chi connectivity index (χ3v) is 9.95. The molecule has 246 valence electrons. The van der Waals surface area contributed by atoms with Crippen LogP contribution < -0.4 is 10.2 Å². The molecule has 4 rings (SSSR count). The van der Waals surface area contributed by atoms with Gasteiger partial charge < -0.3 is 20.3 Å². The quantitative estimate of drug-likeness (QED) is 0.211. The van der Waals surface area contributed by atoms with Crippen LogP contribution in [0.5, 0.6) is 0 Å². The highest BCUT2D eigenvalue weighted by molar-refractivity contribution is 7.89. The van der Waals surface area contributed by atoms with Crippen LogP contribution >= 0.6 is 0 Å². The molecule has 1 fully saturated rings. The number of carbonyl (C=O) groups is 3. The monoisotopic (exact) mass is 651 g/mol. The van der Waals surface area contributed by atoms with E-state index in [1.54, 1.807) is 24.3 Å². The highest BCUT2D eigenvalue weighted by Gasteiger charge is 2.39. The van der Waals surface area contributed by atoms with E-state index in [2.05, 4.69) is 5.32 Å². The van der Waals surface area contributed by atoms with E-state index < -0.39 is 40.3 Å². The predicted octanol–water partition coefficient (Wildman–Crippen LogP) is 3.53. The fourth-order valence-electron chi connectivity index (χ4n) is 5.13. The number of nitrogens with zero attached hydrogens (tertiary/aromatic N) is 2. The van der Waals surface area contributed by atoms with Crippen LogP contribution in [0.2, 0.25) is 0 Å². The summed E-state index contributed by atoms with van der Waals surface area (Å²) >= 11 is 0. The fraction of sp³-hybridized carbons (Fsp3) is 0.382. The first kappa shape index (κ1) is 34.8. The Morgan fingerprint density at radius 2 is 1.72 bits per heavy atom.